The number of aryl methyl sites for hydroxylation is 1. The van der Waals surface area contributed by atoms with E-state index < -0.39 is 5.97 Å². The molecule has 1 saturated heterocycles. The van der Waals surface area contributed by atoms with E-state index in [0.717, 1.165) is 11.3 Å². The second-order valence-corrected chi connectivity index (χ2v) is 7.57. The van der Waals surface area contributed by atoms with Gasteiger partial charge in [-0.05, 0) is 25.5 Å². The Morgan fingerprint density at radius 3 is 2.69 bits per heavy atom. The lowest BCUT2D eigenvalue weighted by molar-refractivity contribution is -0.137. The highest BCUT2D eigenvalue weighted by Gasteiger charge is 2.31. The van der Waals surface area contributed by atoms with Crippen molar-refractivity contribution < 1.29 is 19.1 Å². The van der Waals surface area contributed by atoms with Crippen molar-refractivity contribution in [2.75, 3.05) is 6.54 Å². The minimum absolute atomic E-state index is 0.00814. The summed E-state index contributed by atoms with van der Waals surface area (Å²) < 4.78 is 6.26. The minimum atomic E-state index is -0.884. The lowest BCUT2D eigenvalue weighted by atomic mass is 10.1. The second-order valence-electron chi connectivity index (χ2n) is 5.90. The molecule has 1 aliphatic rings. The largest absolute Gasteiger partial charge is 0.481 e. The summed E-state index contributed by atoms with van der Waals surface area (Å²) in [5, 5.41) is 8.71. The van der Waals surface area contributed by atoms with Crippen LogP contribution in [0.2, 0.25) is 0 Å². The maximum absolute atomic E-state index is 12.5. The van der Waals surface area contributed by atoms with Crippen LogP contribution in [0.15, 0.2) is 45.7 Å². The number of carboxylic acid groups (broad SMARTS) is 1. The molecule has 5 nitrogen and oxygen atoms in total. The van der Waals surface area contributed by atoms with Gasteiger partial charge in [0.15, 0.2) is 0 Å². The van der Waals surface area contributed by atoms with Crippen LogP contribution < -0.4 is 0 Å². The van der Waals surface area contributed by atoms with Crippen molar-refractivity contribution in [3.8, 4) is 11.3 Å². The summed E-state index contributed by atoms with van der Waals surface area (Å²) in [6.07, 6.45) is 2.05. The van der Waals surface area contributed by atoms with Crippen molar-refractivity contribution in [3.63, 3.8) is 0 Å². The Bertz CT molecular complexity index is 883. The first-order chi connectivity index (χ1) is 12.4. The van der Waals surface area contributed by atoms with E-state index in [0.29, 0.717) is 28.0 Å². The summed E-state index contributed by atoms with van der Waals surface area (Å²) in [5.74, 6) is 0.212. The summed E-state index contributed by atoms with van der Waals surface area (Å²) in [6, 6.07) is 11.7. The number of thiocarbonyl (C=S) groups is 1. The standard InChI is InChI=1S/C19H17NO4S2/c1-12-4-6-13(7-5-12)15-9-8-14(24-15)11-16-18(23)20(19(25)26-16)10-2-3-17(21)22/h4-9,11H,2-3,10H2,1H3,(H,21,22)/b16-11+. The molecule has 0 unspecified atom stereocenters. The van der Waals surface area contributed by atoms with Gasteiger partial charge in [-0.1, -0.05) is 53.8 Å². The van der Waals surface area contributed by atoms with Gasteiger partial charge in [0, 0.05) is 24.6 Å². The van der Waals surface area contributed by atoms with Crippen LogP contribution in [0, 0.1) is 6.92 Å². The third-order valence-corrected chi connectivity index (χ3v) is 5.26. The Morgan fingerprint density at radius 2 is 2.00 bits per heavy atom. The number of amides is 1. The third-order valence-electron chi connectivity index (χ3n) is 3.88. The highest BCUT2D eigenvalue weighted by Crippen LogP contribution is 2.33. The van der Waals surface area contributed by atoms with Crippen LogP contribution in [0.1, 0.15) is 24.2 Å². The van der Waals surface area contributed by atoms with E-state index in [-0.39, 0.29) is 12.3 Å². The molecule has 1 N–H and O–H groups in total. The summed E-state index contributed by atoms with van der Waals surface area (Å²) in [6.45, 7) is 2.33. The van der Waals surface area contributed by atoms with Crippen molar-refractivity contribution in [1.29, 1.82) is 0 Å². The molecule has 1 aromatic carbocycles. The van der Waals surface area contributed by atoms with Crippen molar-refractivity contribution in [1.82, 2.24) is 4.90 Å². The molecule has 0 saturated carbocycles. The van der Waals surface area contributed by atoms with Crippen LogP contribution in [0.4, 0.5) is 0 Å². The number of furan rings is 1. The number of aliphatic carboxylic acids is 1. The first-order valence-electron chi connectivity index (χ1n) is 8.08. The van der Waals surface area contributed by atoms with E-state index in [1.54, 1.807) is 6.08 Å². The molecule has 7 heteroatoms. The average Bonchev–Trinajstić information content (AvgIpc) is 3.15. The monoisotopic (exact) mass is 387 g/mol. The number of rotatable bonds is 6. The van der Waals surface area contributed by atoms with Crippen LogP contribution in [0.25, 0.3) is 17.4 Å². The highest BCUT2D eigenvalue weighted by molar-refractivity contribution is 8.26. The van der Waals surface area contributed by atoms with Gasteiger partial charge in [0.25, 0.3) is 5.91 Å². The van der Waals surface area contributed by atoms with Gasteiger partial charge in [-0.15, -0.1) is 0 Å². The van der Waals surface area contributed by atoms with E-state index >= 15 is 0 Å². The number of hydrogen-bond acceptors (Lipinski definition) is 5. The van der Waals surface area contributed by atoms with Gasteiger partial charge in [-0.2, -0.15) is 0 Å². The zero-order chi connectivity index (χ0) is 18.7. The Kier molecular flexibility index (Phi) is 5.58. The first kappa shape index (κ1) is 18.4. The first-order valence-corrected chi connectivity index (χ1v) is 9.30. The van der Waals surface area contributed by atoms with Gasteiger partial charge in [-0.3, -0.25) is 14.5 Å². The minimum Gasteiger partial charge on any atom is -0.481 e. The predicted molar refractivity (Wildman–Crippen MR) is 106 cm³/mol. The van der Waals surface area contributed by atoms with E-state index in [1.165, 1.54) is 22.2 Å². The Labute approximate surface area is 160 Å². The summed E-state index contributed by atoms with van der Waals surface area (Å²) >= 11 is 6.44. The van der Waals surface area contributed by atoms with Gasteiger partial charge in [0.05, 0.1) is 4.91 Å². The molecule has 3 rings (SSSR count). The van der Waals surface area contributed by atoms with Crippen LogP contribution in [0.3, 0.4) is 0 Å². The van der Waals surface area contributed by atoms with Crippen LogP contribution in [-0.4, -0.2) is 32.7 Å². The predicted octanol–water partition coefficient (Wildman–Crippen LogP) is 4.32. The molecule has 1 amide bonds. The molecular weight excluding hydrogens is 370 g/mol. The second kappa shape index (κ2) is 7.88. The molecule has 0 bridgehead atoms. The third kappa shape index (κ3) is 4.23. The molecule has 0 radical (unpaired) electrons. The normalized spacial score (nSPS) is 15.9. The number of carboxylic acids is 1. The van der Waals surface area contributed by atoms with E-state index in [4.69, 9.17) is 21.7 Å². The lowest BCUT2D eigenvalue weighted by Gasteiger charge is -2.13. The number of nitrogens with zero attached hydrogens (tertiary/aromatic N) is 1. The Balaban J connectivity index is 1.72. The van der Waals surface area contributed by atoms with Crippen LogP contribution in [-0.2, 0) is 9.59 Å². The zero-order valence-electron chi connectivity index (χ0n) is 14.1. The molecule has 1 aromatic heterocycles. The molecule has 0 spiro atoms. The fraction of sp³-hybridized carbons (Fsp3) is 0.211. The lowest BCUT2D eigenvalue weighted by Crippen LogP contribution is -2.29. The number of carbonyl (C=O) groups excluding carboxylic acids is 1. The Morgan fingerprint density at radius 1 is 1.27 bits per heavy atom. The number of benzene rings is 1. The summed E-state index contributed by atoms with van der Waals surface area (Å²) in [5.41, 5.74) is 2.14. The quantitative estimate of drug-likeness (QED) is 0.588. The Hall–Kier alpha value is -2.38. The van der Waals surface area contributed by atoms with Crippen LogP contribution in [0.5, 0.6) is 0 Å². The molecule has 1 aliphatic heterocycles. The van der Waals surface area contributed by atoms with E-state index in [9.17, 15) is 9.59 Å². The van der Waals surface area contributed by atoms with Crippen molar-refractivity contribution >= 4 is 46.3 Å². The zero-order valence-corrected chi connectivity index (χ0v) is 15.7. The van der Waals surface area contributed by atoms with E-state index in [2.05, 4.69) is 0 Å². The van der Waals surface area contributed by atoms with Gasteiger partial charge in [-0.25, -0.2) is 0 Å². The molecule has 0 aliphatic carbocycles. The van der Waals surface area contributed by atoms with Crippen molar-refractivity contribution in [2.45, 2.75) is 19.8 Å². The average molecular weight is 387 g/mol. The van der Waals surface area contributed by atoms with Crippen LogP contribution >= 0.6 is 24.0 Å². The fourth-order valence-corrected chi connectivity index (χ4v) is 3.80. The van der Waals surface area contributed by atoms with Gasteiger partial charge >= 0.3 is 5.97 Å². The number of carbonyl (C=O) groups is 2. The molecular formula is C19H17NO4S2. The molecule has 2 heterocycles. The maximum atomic E-state index is 12.5. The molecule has 2 aromatic rings. The molecule has 0 atom stereocenters. The van der Waals surface area contributed by atoms with Crippen molar-refractivity contribution in [2.24, 2.45) is 0 Å². The van der Waals surface area contributed by atoms with Crippen molar-refractivity contribution in [3.05, 3.63) is 52.6 Å². The van der Waals surface area contributed by atoms with Gasteiger partial charge < -0.3 is 9.52 Å². The topological polar surface area (TPSA) is 70.8 Å². The molecule has 26 heavy (non-hydrogen) atoms. The van der Waals surface area contributed by atoms with Gasteiger partial charge in [0.2, 0.25) is 0 Å². The fourth-order valence-electron chi connectivity index (χ4n) is 2.51. The molecule has 1 fully saturated rings. The smallest absolute Gasteiger partial charge is 0.303 e. The van der Waals surface area contributed by atoms with E-state index in [1.807, 2.05) is 43.3 Å². The highest BCUT2D eigenvalue weighted by atomic mass is 32.2. The molecule has 134 valence electrons. The maximum Gasteiger partial charge on any atom is 0.303 e. The summed E-state index contributed by atoms with van der Waals surface area (Å²) in [7, 11) is 0. The number of hydrogen-bond donors (Lipinski definition) is 1. The number of thioether (sulfide) groups is 1. The van der Waals surface area contributed by atoms with Gasteiger partial charge in [0.1, 0.15) is 15.8 Å². The summed E-state index contributed by atoms with van der Waals surface area (Å²) in [4.78, 5) is 25.0. The SMILES string of the molecule is Cc1ccc(-c2ccc(/C=C3/SC(=S)N(CCCC(=O)O)C3=O)o2)cc1.